The highest BCUT2D eigenvalue weighted by molar-refractivity contribution is 5.99. The first kappa shape index (κ1) is 18.6. The van der Waals surface area contributed by atoms with Gasteiger partial charge >= 0.3 is 5.97 Å². The van der Waals surface area contributed by atoms with Crippen molar-refractivity contribution in [3.8, 4) is 0 Å². The molecule has 3 rings (SSSR count). The van der Waals surface area contributed by atoms with E-state index in [1.165, 1.54) is 0 Å². The monoisotopic (exact) mass is 362 g/mol. The fourth-order valence-electron chi connectivity index (χ4n) is 3.03. The normalized spacial score (nSPS) is 11.8. The van der Waals surface area contributed by atoms with E-state index in [2.05, 4.69) is 10.3 Å². The lowest BCUT2D eigenvalue weighted by Crippen LogP contribution is -2.35. The number of pyridine rings is 1. The van der Waals surface area contributed by atoms with Crippen LogP contribution in [-0.2, 0) is 16.1 Å². The van der Waals surface area contributed by atoms with Crippen molar-refractivity contribution in [2.24, 2.45) is 0 Å². The summed E-state index contributed by atoms with van der Waals surface area (Å²) in [5.74, 6) is -0.873. The molecule has 0 saturated heterocycles. The highest BCUT2D eigenvalue weighted by Crippen LogP contribution is 2.23. The van der Waals surface area contributed by atoms with E-state index in [1.54, 1.807) is 13.8 Å². The minimum absolute atomic E-state index is 0.337. The average Bonchev–Trinajstić information content (AvgIpc) is 2.66. The maximum atomic E-state index is 12.7. The topological polar surface area (TPSA) is 68.3 Å². The zero-order valence-corrected chi connectivity index (χ0v) is 15.7. The van der Waals surface area contributed by atoms with Crippen LogP contribution in [0.5, 0.6) is 0 Å². The minimum atomic E-state index is -0.897. The van der Waals surface area contributed by atoms with E-state index in [1.807, 2.05) is 61.5 Å². The van der Waals surface area contributed by atoms with Crippen LogP contribution >= 0.6 is 0 Å². The zero-order valence-electron chi connectivity index (χ0n) is 15.7. The van der Waals surface area contributed by atoms with Crippen LogP contribution in [0.3, 0.4) is 0 Å². The molecule has 0 fully saturated rings. The first-order chi connectivity index (χ1) is 13.0. The van der Waals surface area contributed by atoms with E-state index in [0.717, 1.165) is 22.0 Å². The Bertz CT molecular complexity index is 984. The predicted octanol–water partition coefficient (Wildman–Crippen LogP) is 3.71. The molecule has 1 atom stereocenters. The van der Waals surface area contributed by atoms with Gasteiger partial charge in [-0.25, -0.2) is 4.79 Å². The lowest BCUT2D eigenvalue weighted by Gasteiger charge is -2.16. The quantitative estimate of drug-likeness (QED) is 0.703. The summed E-state index contributed by atoms with van der Waals surface area (Å²) in [6.45, 7) is 5.60. The van der Waals surface area contributed by atoms with Gasteiger partial charge in [-0.2, -0.15) is 0 Å². The number of para-hydroxylation sites is 1. The molecule has 1 amide bonds. The van der Waals surface area contributed by atoms with Crippen LogP contribution in [0.2, 0.25) is 0 Å². The first-order valence-corrected chi connectivity index (χ1v) is 8.86. The molecule has 0 aliphatic rings. The van der Waals surface area contributed by atoms with Crippen LogP contribution in [0.4, 0.5) is 0 Å². The molecule has 5 nitrogen and oxygen atoms in total. The first-order valence-electron chi connectivity index (χ1n) is 8.86. The predicted molar refractivity (Wildman–Crippen MR) is 104 cm³/mol. The molecule has 0 bridgehead atoms. The molecular formula is C22H22N2O3. The highest BCUT2D eigenvalue weighted by Gasteiger charge is 2.23. The molecule has 5 heteroatoms. The number of hydrogen-bond acceptors (Lipinski definition) is 4. The minimum Gasteiger partial charge on any atom is -0.449 e. The van der Waals surface area contributed by atoms with Gasteiger partial charge in [-0.1, -0.05) is 48.5 Å². The van der Waals surface area contributed by atoms with Gasteiger partial charge in [-0.15, -0.1) is 0 Å². The number of hydrogen-bond donors (Lipinski definition) is 1. The van der Waals surface area contributed by atoms with Gasteiger partial charge < -0.3 is 10.1 Å². The zero-order chi connectivity index (χ0) is 19.4. The fraction of sp³-hybridized carbons (Fsp3) is 0.227. The highest BCUT2D eigenvalue weighted by atomic mass is 16.5. The van der Waals surface area contributed by atoms with Gasteiger partial charge in [0.15, 0.2) is 6.10 Å². The average molecular weight is 362 g/mol. The number of ether oxygens (including phenoxy) is 1. The summed E-state index contributed by atoms with van der Waals surface area (Å²) in [5.41, 5.74) is 3.62. The number of nitrogens with zero attached hydrogens (tertiary/aromatic N) is 1. The molecule has 138 valence electrons. The van der Waals surface area contributed by atoms with Crippen molar-refractivity contribution in [3.05, 3.63) is 77.0 Å². The third-order valence-corrected chi connectivity index (χ3v) is 4.50. The van der Waals surface area contributed by atoms with E-state index in [4.69, 9.17) is 4.74 Å². The van der Waals surface area contributed by atoms with E-state index < -0.39 is 12.1 Å². The van der Waals surface area contributed by atoms with E-state index in [9.17, 15) is 9.59 Å². The van der Waals surface area contributed by atoms with Gasteiger partial charge in [0.1, 0.15) is 0 Å². The molecular weight excluding hydrogens is 340 g/mol. The number of aryl methyl sites for hydroxylation is 2. The number of amides is 1. The van der Waals surface area contributed by atoms with Gasteiger partial charge in [0.2, 0.25) is 0 Å². The molecule has 0 saturated carbocycles. The summed E-state index contributed by atoms with van der Waals surface area (Å²) < 4.78 is 5.41. The Labute approximate surface area is 158 Å². The molecule has 1 N–H and O–H groups in total. The largest absolute Gasteiger partial charge is 0.449 e. The van der Waals surface area contributed by atoms with Gasteiger partial charge in [-0.3, -0.25) is 9.78 Å². The van der Waals surface area contributed by atoms with Crippen molar-refractivity contribution in [1.82, 2.24) is 10.3 Å². The molecule has 27 heavy (non-hydrogen) atoms. The number of esters is 1. The molecule has 0 aliphatic carbocycles. The molecule has 0 unspecified atom stereocenters. The van der Waals surface area contributed by atoms with Gasteiger partial charge in [-0.05, 0) is 38.0 Å². The second-order valence-electron chi connectivity index (χ2n) is 6.47. The molecule has 0 radical (unpaired) electrons. The maximum absolute atomic E-state index is 12.7. The van der Waals surface area contributed by atoms with E-state index in [-0.39, 0.29) is 5.91 Å². The summed E-state index contributed by atoms with van der Waals surface area (Å²) in [7, 11) is 0. The van der Waals surface area contributed by atoms with E-state index in [0.29, 0.717) is 17.8 Å². The summed E-state index contributed by atoms with van der Waals surface area (Å²) in [4.78, 5) is 29.4. The van der Waals surface area contributed by atoms with Gasteiger partial charge in [0, 0.05) is 11.9 Å². The van der Waals surface area contributed by atoms with Crippen molar-refractivity contribution < 1.29 is 14.3 Å². The van der Waals surface area contributed by atoms with Gasteiger partial charge in [0.05, 0.1) is 16.8 Å². The number of aromatic nitrogens is 1. The van der Waals surface area contributed by atoms with Crippen LogP contribution < -0.4 is 5.32 Å². The second-order valence-corrected chi connectivity index (χ2v) is 6.47. The Morgan fingerprint density at radius 3 is 2.44 bits per heavy atom. The van der Waals surface area contributed by atoms with Crippen LogP contribution in [0.1, 0.15) is 34.1 Å². The van der Waals surface area contributed by atoms with Crippen molar-refractivity contribution in [3.63, 3.8) is 0 Å². The SMILES string of the molecule is Cc1nc2ccccc2c(C)c1C(=O)O[C@@H](C)C(=O)NCc1ccccc1. The Morgan fingerprint density at radius 2 is 1.70 bits per heavy atom. The summed E-state index contributed by atoms with van der Waals surface area (Å²) >= 11 is 0. The Hall–Kier alpha value is -3.21. The van der Waals surface area contributed by atoms with Crippen molar-refractivity contribution in [2.45, 2.75) is 33.4 Å². The Morgan fingerprint density at radius 1 is 1.04 bits per heavy atom. The maximum Gasteiger partial charge on any atom is 0.341 e. The van der Waals surface area contributed by atoms with Crippen LogP contribution in [0.25, 0.3) is 10.9 Å². The molecule has 1 aromatic heterocycles. The Balaban J connectivity index is 1.71. The molecule has 2 aromatic carbocycles. The summed E-state index contributed by atoms with van der Waals surface area (Å²) in [5, 5.41) is 3.68. The van der Waals surface area contributed by atoms with Crippen molar-refractivity contribution in [1.29, 1.82) is 0 Å². The molecule has 1 heterocycles. The number of carbonyl (C=O) groups is 2. The number of carbonyl (C=O) groups excluding carboxylic acids is 2. The van der Waals surface area contributed by atoms with Crippen LogP contribution in [0, 0.1) is 13.8 Å². The molecule has 0 aliphatic heterocycles. The third-order valence-electron chi connectivity index (χ3n) is 4.50. The Kier molecular flexibility index (Phi) is 5.50. The second kappa shape index (κ2) is 7.99. The molecule has 0 spiro atoms. The van der Waals surface area contributed by atoms with Crippen LogP contribution in [0.15, 0.2) is 54.6 Å². The lowest BCUT2D eigenvalue weighted by atomic mass is 10.0. The number of nitrogens with one attached hydrogen (secondary N) is 1. The van der Waals surface area contributed by atoms with Crippen molar-refractivity contribution >= 4 is 22.8 Å². The van der Waals surface area contributed by atoms with Crippen LogP contribution in [-0.4, -0.2) is 23.0 Å². The lowest BCUT2D eigenvalue weighted by molar-refractivity contribution is -0.129. The van der Waals surface area contributed by atoms with Crippen molar-refractivity contribution in [2.75, 3.05) is 0 Å². The third kappa shape index (κ3) is 4.14. The molecule has 3 aromatic rings. The standard InChI is InChI=1S/C22H22N2O3/c1-14-18-11-7-8-12-19(18)24-15(2)20(14)22(26)27-16(3)21(25)23-13-17-9-5-4-6-10-17/h4-12,16H,13H2,1-3H3,(H,23,25)/t16-/m0/s1. The fourth-order valence-corrected chi connectivity index (χ4v) is 3.03. The summed E-state index contributed by atoms with van der Waals surface area (Å²) in [6, 6.07) is 17.2. The number of benzene rings is 2. The number of fused-ring (bicyclic) bond motifs is 1. The summed E-state index contributed by atoms with van der Waals surface area (Å²) in [6.07, 6.45) is -0.897. The van der Waals surface area contributed by atoms with Gasteiger partial charge in [0.25, 0.3) is 5.91 Å². The number of rotatable bonds is 5. The smallest absolute Gasteiger partial charge is 0.341 e. The van der Waals surface area contributed by atoms with E-state index >= 15 is 0 Å².